The van der Waals surface area contributed by atoms with Crippen LogP contribution >= 0.6 is 0 Å². The van der Waals surface area contributed by atoms with Gasteiger partial charge in [-0.3, -0.25) is 9.59 Å². The molecule has 8 heteroatoms. The van der Waals surface area contributed by atoms with Crippen molar-refractivity contribution in [3.63, 3.8) is 0 Å². The zero-order valence-corrected chi connectivity index (χ0v) is 8.59. The molecule has 1 rings (SSSR count). The summed E-state index contributed by atoms with van der Waals surface area (Å²) in [6.07, 6.45) is -4.59. The second-order valence-electron chi connectivity index (χ2n) is 3.22. The number of ether oxygens (including phenoxy) is 1. The fourth-order valence-corrected chi connectivity index (χ4v) is 1.19. The Morgan fingerprint density at radius 3 is 2.59 bits per heavy atom. The normalized spacial score (nSPS) is 11.3. The average Bonchev–Trinajstić information content (AvgIpc) is 2.15. The molecule has 17 heavy (non-hydrogen) atoms. The van der Waals surface area contributed by atoms with Crippen LogP contribution in [0.2, 0.25) is 0 Å². The number of aliphatic carboxylic acids is 1. The molecule has 0 aliphatic rings. The molecular formula is C9H8F3NO4. The number of rotatable bonds is 3. The predicted octanol–water partition coefficient (Wildman–Crippen LogP) is 1.21. The van der Waals surface area contributed by atoms with Gasteiger partial charge < -0.3 is 14.8 Å². The number of hydrogen-bond donors (Lipinski definition) is 2. The van der Waals surface area contributed by atoms with Gasteiger partial charge in [0.25, 0.3) is 0 Å². The highest BCUT2D eigenvalue weighted by Crippen LogP contribution is 2.22. The maximum atomic E-state index is 11.9. The van der Waals surface area contributed by atoms with Gasteiger partial charge in [0.2, 0.25) is 5.88 Å². The minimum atomic E-state index is -4.91. The van der Waals surface area contributed by atoms with E-state index in [4.69, 9.17) is 5.11 Å². The van der Waals surface area contributed by atoms with E-state index in [1.807, 2.05) is 0 Å². The third kappa shape index (κ3) is 3.51. The number of carboxylic acids is 1. The SMILES string of the molecule is Cc1c(OC(F)(F)F)[nH]cc(CC(=O)O)c1=O. The Morgan fingerprint density at radius 2 is 2.12 bits per heavy atom. The highest BCUT2D eigenvalue weighted by Gasteiger charge is 2.32. The number of hydrogen-bond acceptors (Lipinski definition) is 3. The van der Waals surface area contributed by atoms with E-state index < -0.39 is 30.1 Å². The van der Waals surface area contributed by atoms with Gasteiger partial charge in [-0.15, -0.1) is 13.2 Å². The minimum absolute atomic E-state index is 0.135. The molecular weight excluding hydrogens is 243 g/mol. The van der Waals surface area contributed by atoms with Crippen LogP contribution in [-0.2, 0) is 11.2 Å². The van der Waals surface area contributed by atoms with Crippen LogP contribution in [0.5, 0.6) is 5.88 Å². The lowest BCUT2D eigenvalue weighted by molar-refractivity contribution is -0.276. The van der Waals surface area contributed by atoms with E-state index in [1.54, 1.807) is 0 Å². The number of carbonyl (C=O) groups is 1. The van der Waals surface area contributed by atoms with Gasteiger partial charge in [0, 0.05) is 11.8 Å². The zero-order valence-electron chi connectivity index (χ0n) is 8.59. The van der Waals surface area contributed by atoms with Crippen molar-refractivity contribution in [2.24, 2.45) is 0 Å². The summed E-state index contributed by atoms with van der Waals surface area (Å²) < 4.78 is 39.3. The first-order valence-electron chi connectivity index (χ1n) is 4.39. The van der Waals surface area contributed by atoms with Gasteiger partial charge in [-0.25, -0.2) is 0 Å². The summed E-state index contributed by atoms with van der Waals surface area (Å²) in [7, 11) is 0. The van der Waals surface area contributed by atoms with Crippen molar-refractivity contribution in [3.8, 4) is 5.88 Å². The Morgan fingerprint density at radius 1 is 1.53 bits per heavy atom. The van der Waals surface area contributed by atoms with Crippen molar-refractivity contribution in [1.29, 1.82) is 0 Å². The summed E-state index contributed by atoms with van der Waals surface area (Å²) in [6.45, 7) is 1.12. The van der Waals surface area contributed by atoms with Crippen LogP contribution in [0.15, 0.2) is 11.0 Å². The van der Waals surface area contributed by atoms with E-state index >= 15 is 0 Å². The average molecular weight is 251 g/mol. The molecule has 5 nitrogen and oxygen atoms in total. The summed E-state index contributed by atoms with van der Waals surface area (Å²) >= 11 is 0. The summed E-state index contributed by atoms with van der Waals surface area (Å²) in [5.41, 5.74) is -1.24. The second-order valence-corrected chi connectivity index (χ2v) is 3.22. The molecule has 0 saturated heterocycles. The third-order valence-corrected chi connectivity index (χ3v) is 1.91. The fourth-order valence-electron chi connectivity index (χ4n) is 1.19. The van der Waals surface area contributed by atoms with E-state index in [1.165, 1.54) is 0 Å². The van der Waals surface area contributed by atoms with Crippen LogP contribution in [0.4, 0.5) is 13.2 Å². The molecule has 2 N–H and O–H groups in total. The van der Waals surface area contributed by atoms with Gasteiger partial charge in [-0.05, 0) is 6.92 Å². The maximum absolute atomic E-state index is 11.9. The number of H-pyrrole nitrogens is 1. The van der Waals surface area contributed by atoms with E-state index in [0.717, 1.165) is 13.1 Å². The molecule has 94 valence electrons. The van der Waals surface area contributed by atoms with Crippen LogP contribution in [0.25, 0.3) is 0 Å². The van der Waals surface area contributed by atoms with Gasteiger partial charge >= 0.3 is 12.3 Å². The Hall–Kier alpha value is -1.99. The van der Waals surface area contributed by atoms with Gasteiger partial charge in [-0.1, -0.05) is 0 Å². The molecule has 0 bridgehead atoms. The monoisotopic (exact) mass is 251 g/mol. The van der Waals surface area contributed by atoms with Gasteiger partial charge in [0.15, 0.2) is 5.43 Å². The molecule has 0 aliphatic heterocycles. The molecule has 0 radical (unpaired) electrons. The quantitative estimate of drug-likeness (QED) is 0.846. The van der Waals surface area contributed by atoms with E-state index in [2.05, 4.69) is 9.72 Å². The van der Waals surface area contributed by atoms with Crippen molar-refractivity contribution < 1.29 is 27.8 Å². The predicted molar refractivity (Wildman–Crippen MR) is 49.8 cm³/mol. The number of halogens is 3. The summed E-state index contributed by atoms with van der Waals surface area (Å²) in [5, 5.41) is 8.47. The van der Waals surface area contributed by atoms with Crippen LogP contribution < -0.4 is 10.2 Å². The number of aromatic nitrogens is 1. The minimum Gasteiger partial charge on any atom is -0.481 e. The first kappa shape index (κ1) is 13.1. The van der Waals surface area contributed by atoms with Gasteiger partial charge in [-0.2, -0.15) is 0 Å². The van der Waals surface area contributed by atoms with Crippen molar-refractivity contribution in [1.82, 2.24) is 4.98 Å². The smallest absolute Gasteiger partial charge is 0.481 e. The standard InChI is InChI=1S/C9H8F3NO4/c1-4-7(16)5(2-6(14)15)3-13-8(4)17-9(10,11)12/h3H,2H2,1H3,(H,13,16)(H,14,15). The van der Waals surface area contributed by atoms with E-state index in [9.17, 15) is 22.8 Å². The number of aromatic amines is 1. The van der Waals surface area contributed by atoms with E-state index in [-0.39, 0.29) is 11.1 Å². The number of nitrogens with one attached hydrogen (secondary N) is 1. The van der Waals surface area contributed by atoms with Crippen molar-refractivity contribution >= 4 is 5.97 Å². The number of alkyl halides is 3. The molecule has 0 atom stereocenters. The lowest BCUT2D eigenvalue weighted by Gasteiger charge is -2.11. The molecule has 0 saturated carbocycles. The molecule has 0 spiro atoms. The van der Waals surface area contributed by atoms with Crippen LogP contribution in [0.3, 0.4) is 0 Å². The molecule has 0 fully saturated rings. The Bertz CT molecular complexity index is 492. The second kappa shape index (κ2) is 4.48. The third-order valence-electron chi connectivity index (χ3n) is 1.91. The molecule has 0 amide bonds. The first-order valence-corrected chi connectivity index (χ1v) is 4.39. The van der Waals surface area contributed by atoms with Crippen LogP contribution in [0.1, 0.15) is 11.1 Å². The number of carboxylic acid groups (broad SMARTS) is 1. The molecule has 0 aliphatic carbocycles. The highest BCUT2D eigenvalue weighted by molar-refractivity contribution is 5.70. The molecule has 1 heterocycles. The molecule has 1 aromatic heterocycles. The summed E-state index contributed by atoms with van der Waals surface area (Å²) in [5.74, 6) is -1.99. The molecule has 0 aromatic carbocycles. The zero-order chi connectivity index (χ0) is 13.2. The van der Waals surface area contributed by atoms with Gasteiger partial charge in [0.05, 0.1) is 12.0 Å². The van der Waals surface area contributed by atoms with Gasteiger partial charge in [0.1, 0.15) is 0 Å². The lowest BCUT2D eigenvalue weighted by atomic mass is 10.1. The topological polar surface area (TPSA) is 79.4 Å². The van der Waals surface area contributed by atoms with Crippen molar-refractivity contribution in [2.45, 2.75) is 19.7 Å². The molecule has 0 unspecified atom stereocenters. The van der Waals surface area contributed by atoms with Crippen LogP contribution in [0, 0.1) is 6.92 Å². The fraction of sp³-hybridized carbons (Fsp3) is 0.333. The van der Waals surface area contributed by atoms with Crippen molar-refractivity contribution in [2.75, 3.05) is 0 Å². The van der Waals surface area contributed by atoms with Crippen LogP contribution in [-0.4, -0.2) is 22.4 Å². The Labute approximate surface area is 92.8 Å². The highest BCUT2D eigenvalue weighted by atomic mass is 19.4. The van der Waals surface area contributed by atoms with Crippen molar-refractivity contribution in [3.05, 3.63) is 27.5 Å². The largest absolute Gasteiger partial charge is 0.574 e. The summed E-state index contributed by atoms with van der Waals surface area (Å²) in [4.78, 5) is 24.0. The maximum Gasteiger partial charge on any atom is 0.574 e. The van der Waals surface area contributed by atoms with E-state index in [0.29, 0.717) is 0 Å². The first-order chi connectivity index (χ1) is 7.70. The summed E-state index contributed by atoms with van der Waals surface area (Å²) in [6, 6.07) is 0. The molecule has 1 aromatic rings. The Kier molecular flexibility index (Phi) is 3.45. The Balaban J connectivity index is 3.11. The lowest BCUT2D eigenvalue weighted by Crippen LogP contribution is -2.23. The number of pyridine rings is 1.